The van der Waals surface area contributed by atoms with Crippen molar-refractivity contribution < 1.29 is 9.53 Å². The second kappa shape index (κ2) is 8.65. The molecule has 0 fully saturated rings. The van der Waals surface area contributed by atoms with Crippen LogP contribution in [0.4, 0.5) is 0 Å². The molecule has 2 aromatic carbocycles. The summed E-state index contributed by atoms with van der Waals surface area (Å²) in [5.41, 5.74) is 8.25. The molecule has 0 bridgehead atoms. The van der Waals surface area contributed by atoms with Crippen molar-refractivity contribution in [1.82, 2.24) is 5.32 Å². The van der Waals surface area contributed by atoms with Gasteiger partial charge in [-0.15, -0.1) is 11.3 Å². The van der Waals surface area contributed by atoms with Gasteiger partial charge in [0.15, 0.2) is 0 Å². The first-order valence-corrected chi connectivity index (χ1v) is 9.43. The summed E-state index contributed by atoms with van der Waals surface area (Å²) in [7, 11) is 0. The number of thiophene rings is 1. The lowest BCUT2D eigenvalue weighted by Crippen LogP contribution is -2.26. The highest BCUT2D eigenvalue weighted by molar-refractivity contribution is 7.13. The molecule has 1 atom stereocenters. The standard InChI is InChI=1S/C21H22N2O2S/c1-15(16-5-2-6-17(13-16)20-9-4-12-26-20)23-21(24)18-7-3-8-19(14-18)25-11-10-22/h2-9,12-15H,10-11,22H2,1H3,(H,23,24)/t15-/m1/s1. The zero-order valence-electron chi connectivity index (χ0n) is 14.6. The molecule has 0 saturated carbocycles. The SMILES string of the molecule is C[C@@H](NC(=O)c1cccc(OCCN)c1)c1cccc(-c2cccs2)c1. The van der Waals surface area contributed by atoms with Crippen LogP contribution in [0.3, 0.4) is 0 Å². The second-order valence-electron chi connectivity index (χ2n) is 5.96. The second-order valence-corrected chi connectivity index (χ2v) is 6.91. The third-order valence-corrected chi connectivity index (χ3v) is 4.94. The molecule has 1 amide bonds. The molecule has 26 heavy (non-hydrogen) atoms. The van der Waals surface area contributed by atoms with E-state index < -0.39 is 0 Å². The van der Waals surface area contributed by atoms with Crippen LogP contribution in [0, 0.1) is 0 Å². The summed E-state index contributed by atoms with van der Waals surface area (Å²) in [5.74, 6) is 0.521. The van der Waals surface area contributed by atoms with Crippen LogP contribution in [0.2, 0.25) is 0 Å². The van der Waals surface area contributed by atoms with Crippen molar-refractivity contribution in [2.45, 2.75) is 13.0 Å². The van der Waals surface area contributed by atoms with Crippen LogP contribution >= 0.6 is 11.3 Å². The Bertz CT molecular complexity index is 862. The van der Waals surface area contributed by atoms with Crippen LogP contribution < -0.4 is 15.8 Å². The topological polar surface area (TPSA) is 64.3 Å². The van der Waals surface area contributed by atoms with Gasteiger partial charge in [-0.2, -0.15) is 0 Å². The maximum absolute atomic E-state index is 12.6. The first kappa shape index (κ1) is 18.2. The van der Waals surface area contributed by atoms with Gasteiger partial charge in [0, 0.05) is 17.0 Å². The minimum absolute atomic E-state index is 0.101. The number of rotatable bonds is 7. The number of ether oxygens (including phenoxy) is 1. The highest BCUT2D eigenvalue weighted by Crippen LogP contribution is 2.27. The monoisotopic (exact) mass is 366 g/mol. The lowest BCUT2D eigenvalue weighted by atomic mass is 10.0. The summed E-state index contributed by atoms with van der Waals surface area (Å²) >= 11 is 1.71. The molecule has 0 unspecified atom stereocenters. The van der Waals surface area contributed by atoms with Gasteiger partial charge >= 0.3 is 0 Å². The molecule has 134 valence electrons. The van der Waals surface area contributed by atoms with Crippen molar-refractivity contribution >= 4 is 17.2 Å². The number of benzene rings is 2. The fraction of sp³-hybridized carbons (Fsp3) is 0.190. The first-order valence-electron chi connectivity index (χ1n) is 8.55. The van der Waals surface area contributed by atoms with E-state index in [0.29, 0.717) is 24.5 Å². The average molecular weight is 366 g/mol. The van der Waals surface area contributed by atoms with Crippen molar-refractivity contribution in [2.24, 2.45) is 5.73 Å². The summed E-state index contributed by atoms with van der Waals surface area (Å²) in [4.78, 5) is 13.8. The van der Waals surface area contributed by atoms with Crippen LogP contribution in [-0.4, -0.2) is 19.1 Å². The lowest BCUT2D eigenvalue weighted by Gasteiger charge is -2.16. The first-order chi connectivity index (χ1) is 12.7. The molecular formula is C21H22N2O2S. The minimum Gasteiger partial charge on any atom is -0.492 e. The molecule has 1 heterocycles. The van der Waals surface area contributed by atoms with Gasteiger partial charge in [0.25, 0.3) is 5.91 Å². The summed E-state index contributed by atoms with van der Waals surface area (Å²) in [6.07, 6.45) is 0. The van der Waals surface area contributed by atoms with Gasteiger partial charge in [0.05, 0.1) is 6.04 Å². The summed E-state index contributed by atoms with van der Waals surface area (Å²) in [6.45, 7) is 2.85. The normalized spacial score (nSPS) is 11.8. The summed E-state index contributed by atoms with van der Waals surface area (Å²) < 4.78 is 5.49. The quantitative estimate of drug-likeness (QED) is 0.657. The van der Waals surface area contributed by atoms with Crippen LogP contribution in [0.25, 0.3) is 10.4 Å². The molecular weight excluding hydrogens is 344 g/mol. The van der Waals surface area contributed by atoms with Crippen molar-refractivity contribution in [1.29, 1.82) is 0 Å². The Kier molecular flexibility index (Phi) is 6.04. The van der Waals surface area contributed by atoms with E-state index in [-0.39, 0.29) is 11.9 Å². The largest absolute Gasteiger partial charge is 0.492 e. The van der Waals surface area contributed by atoms with Gasteiger partial charge in [0.2, 0.25) is 0 Å². The van der Waals surface area contributed by atoms with Gasteiger partial charge in [-0.05, 0) is 53.8 Å². The molecule has 0 aliphatic heterocycles. The van der Waals surface area contributed by atoms with E-state index >= 15 is 0 Å². The molecule has 1 aromatic heterocycles. The molecule has 0 saturated heterocycles. The van der Waals surface area contributed by atoms with Gasteiger partial charge in [0.1, 0.15) is 12.4 Å². The minimum atomic E-state index is -0.128. The van der Waals surface area contributed by atoms with E-state index in [1.807, 2.05) is 37.3 Å². The number of carbonyl (C=O) groups excluding carboxylic acids is 1. The Balaban J connectivity index is 1.70. The molecule has 3 N–H and O–H groups in total. The number of nitrogens with one attached hydrogen (secondary N) is 1. The van der Waals surface area contributed by atoms with E-state index in [1.165, 1.54) is 4.88 Å². The molecule has 0 aliphatic rings. The smallest absolute Gasteiger partial charge is 0.251 e. The Labute approximate surface area is 157 Å². The molecule has 5 heteroatoms. The van der Waals surface area contributed by atoms with Gasteiger partial charge in [-0.1, -0.05) is 30.3 Å². The van der Waals surface area contributed by atoms with E-state index in [9.17, 15) is 4.79 Å². The van der Waals surface area contributed by atoms with E-state index in [4.69, 9.17) is 10.5 Å². The maximum atomic E-state index is 12.6. The molecule has 0 aliphatic carbocycles. The molecule has 3 rings (SSSR count). The molecule has 0 radical (unpaired) electrons. The molecule has 4 nitrogen and oxygen atoms in total. The predicted molar refractivity (Wildman–Crippen MR) is 107 cm³/mol. The van der Waals surface area contributed by atoms with Crippen molar-refractivity contribution in [2.75, 3.05) is 13.2 Å². The van der Waals surface area contributed by atoms with E-state index in [1.54, 1.807) is 23.5 Å². The van der Waals surface area contributed by atoms with Crippen molar-refractivity contribution in [3.05, 3.63) is 77.2 Å². The predicted octanol–water partition coefficient (Wildman–Crippen LogP) is 4.24. The maximum Gasteiger partial charge on any atom is 0.251 e. The Morgan fingerprint density at radius 1 is 1.15 bits per heavy atom. The fourth-order valence-corrected chi connectivity index (χ4v) is 3.40. The van der Waals surface area contributed by atoms with Gasteiger partial charge in [-0.25, -0.2) is 0 Å². The van der Waals surface area contributed by atoms with Gasteiger partial charge in [-0.3, -0.25) is 4.79 Å². The van der Waals surface area contributed by atoms with Crippen LogP contribution in [-0.2, 0) is 0 Å². The lowest BCUT2D eigenvalue weighted by molar-refractivity contribution is 0.0939. The Hall–Kier alpha value is -2.63. The molecule has 0 spiro atoms. The molecule has 3 aromatic rings. The fourth-order valence-electron chi connectivity index (χ4n) is 2.67. The van der Waals surface area contributed by atoms with Gasteiger partial charge < -0.3 is 15.8 Å². The number of nitrogens with two attached hydrogens (primary N) is 1. The van der Waals surface area contributed by atoms with E-state index in [2.05, 4.69) is 28.9 Å². The van der Waals surface area contributed by atoms with Crippen LogP contribution in [0.15, 0.2) is 66.0 Å². The zero-order valence-corrected chi connectivity index (χ0v) is 15.5. The highest BCUT2D eigenvalue weighted by Gasteiger charge is 2.13. The van der Waals surface area contributed by atoms with Crippen LogP contribution in [0.5, 0.6) is 5.75 Å². The third kappa shape index (κ3) is 4.50. The van der Waals surface area contributed by atoms with E-state index in [0.717, 1.165) is 11.1 Å². The zero-order chi connectivity index (χ0) is 18.4. The third-order valence-electron chi connectivity index (χ3n) is 4.02. The summed E-state index contributed by atoms with van der Waals surface area (Å²) in [6, 6.07) is 19.4. The number of carbonyl (C=O) groups is 1. The highest BCUT2D eigenvalue weighted by atomic mass is 32.1. The Morgan fingerprint density at radius 2 is 2.00 bits per heavy atom. The number of amides is 1. The van der Waals surface area contributed by atoms with Crippen LogP contribution in [0.1, 0.15) is 28.9 Å². The Morgan fingerprint density at radius 3 is 2.77 bits per heavy atom. The number of hydrogen-bond acceptors (Lipinski definition) is 4. The summed E-state index contributed by atoms with van der Waals surface area (Å²) in [5, 5.41) is 5.11. The number of hydrogen-bond donors (Lipinski definition) is 2. The van der Waals surface area contributed by atoms with Crippen molar-refractivity contribution in [3.63, 3.8) is 0 Å². The average Bonchev–Trinajstić information content (AvgIpc) is 3.21. The van der Waals surface area contributed by atoms with Crippen molar-refractivity contribution in [3.8, 4) is 16.2 Å².